The van der Waals surface area contributed by atoms with Crippen molar-refractivity contribution < 1.29 is 0 Å². The van der Waals surface area contributed by atoms with Crippen LogP contribution in [-0.2, 0) is 0 Å². The topological polar surface area (TPSA) is 51.6 Å². The van der Waals surface area contributed by atoms with Gasteiger partial charge < -0.3 is 0 Å². The summed E-state index contributed by atoms with van der Waals surface area (Å²) in [5.41, 5.74) is 0. The zero-order valence-electron chi connectivity index (χ0n) is 7.88. The van der Waals surface area contributed by atoms with Crippen LogP contribution in [0.1, 0.15) is 5.82 Å². The molecule has 0 atom stereocenters. The minimum absolute atomic E-state index is 0.444. The van der Waals surface area contributed by atoms with Crippen molar-refractivity contribution in [3.63, 3.8) is 0 Å². The van der Waals surface area contributed by atoms with E-state index in [4.69, 9.17) is 11.6 Å². The predicted octanol–water partition coefficient (Wildman–Crippen LogP) is 2.38. The molecule has 0 unspecified atom stereocenters. The molecule has 2 aromatic rings. The Bertz CT molecular complexity index is 443. The van der Waals surface area contributed by atoms with Crippen LogP contribution in [0.4, 0.5) is 0 Å². The van der Waals surface area contributed by atoms with Crippen molar-refractivity contribution >= 4 is 23.4 Å². The highest BCUT2D eigenvalue weighted by Gasteiger charge is 2.02. The van der Waals surface area contributed by atoms with Crippen LogP contribution in [0.25, 0.3) is 0 Å². The molecule has 0 amide bonds. The number of rotatable bonds is 2. The zero-order valence-corrected chi connectivity index (χ0v) is 9.46. The molecule has 0 aliphatic carbocycles. The Morgan fingerprint density at radius 2 is 2.13 bits per heavy atom. The van der Waals surface area contributed by atoms with Gasteiger partial charge in [-0.25, -0.2) is 19.9 Å². The van der Waals surface area contributed by atoms with E-state index in [1.165, 1.54) is 18.1 Å². The Kier molecular flexibility index (Phi) is 3.13. The Labute approximate surface area is 96.2 Å². The van der Waals surface area contributed by atoms with Crippen molar-refractivity contribution in [2.75, 3.05) is 0 Å². The molecule has 0 aliphatic heterocycles. The fourth-order valence-corrected chi connectivity index (χ4v) is 2.09. The number of aromatic nitrogens is 4. The standard InChI is InChI=1S/C9H7ClN4S/c1-6-13-7(10)4-9(14-6)15-8-2-3-11-5-12-8/h2-5H,1H3. The van der Waals surface area contributed by atoms with Crippen molar-refractivity contribution in [2.24, 2.45) is 0 Å². The lowest BCUT2D eigenvalue weighted by atomic mass is 10.6. The van der Waals surface area contributed by atoms with E-state index in [1.807, 2.05) is 6.07 Å². The van der Waals surface area contributed by atoms with Gasteiger partial charge in [-0.3, -0.25) is 0 Å². The van der Waals surface area contributed by atoms with Gasteiger partial charge >= 0.3 is 0 Å². The first kappa shape index (κ1) is 10.3. The summed E-state index contributed by atoms with van der Waals surface area (Å²) in [6, 6.07) is 3.53. The highest BCUT2D eigenvalue weighted by atomic mass is 35.5. The zero-order chi connectivity index (χ0) is 10.7. The smallest absolute Gasteiger partial charge is 0.133 e. The SMILES string of the molecule is Cc1nc(Cl)cc(Sc2ccncn2)n1. The van der Waals surface area contributed by atoms with Gasteiger partial charge in [-0.2, -0.15) is 0 Å². The summed E-state index contributed by atoms with van der Waals surface area (Å²) < 4.78 is 0. The predicted molar refractivity (Wildman–Crippen MR) is 57.9 cm³/mol. The van der Waals surface area contributed by atoms with Crippen LogP contribution in [0, 0.1) is 6.92 Å². The molecule has 6 heteroatoms. The quantitative estimate of drug-likeness (QED) is 0.752. The Balaban J connectivity index is 2.25. The van der Waals surface area contributed by atoms with E-state index < -0.39 is 0 Å². The van der Waals surface area contributed by atoms with E-state index in [0.717, 1.165) is 10.1 Å². The summed E-state index contributed by atoms with van der Waals surface area (Å²) in [5.74, 6) is 0.652. The second-order valence-electron chi connectivity index (χ2n) is 2.73. The van der Waals surface area contributed by atoms with Gasteiger partial charge in [-0.15, -0.1) is 0 Å². The van der Waals surface area contributed by atoms with Crippen LogP contribution < -0.4 is 0 Å². The maximum Gasteiger partial charge on any atom is 0.133 e. The van der Waals surface area contributed by atoms with E-state index >= 15 is 0 Å². The number of nitrogens with zero attached hydrogens (tertiary/aromatic N) is 4. The Morgan fingerprint density at radius 1 is 1.27 bits per heavy atom. The summed E-state index contributed by atoms with van der Waals surface area (Å²) >= 11 is 7.25. The van der Waals surface area contributed by atoms with Gasteiger partial charge in [0.05, 0.1) is 0 Å². The molecule has 0 aromatic carbocycles. The fourth-order valence-electron chi connectivity index (χ4n) is 1.00. The van der Waals surface area contributed by atoms with Crippen molar-refractivity contribution in [1.82, 2.24) is 19.9 Å². The lowest BCUT2D eigenvalue weighted by molar-refractivity contribution is 0.961. The van der Waals surface area contributed by atoms with Crippen molar-refractivity contribution in [3.05, 3.63) is 35.6 Å². The molecule has 2 aromatic heterocycles. The van der Waals surface area contributed by atoms with Crippen LogP contribution in [0.5, 0.6) is 0 Å². The highest BCUT2D eigenvalue weighted by molar-refractivity contribution is 7.99. The number of hydrogen-bond donors (Lipinski definition) is 0. The van der Waals surface area contributed by atoms with Gasteiger partial charge in [-0.05, 0) is 24.8 Å². The minimum atomic E-state index is 0.444. The first-order valence-electron chi connectivity index (χ1n) is 4.19. The van der Waals surface area contributed by atoms with Crippen molar-refractivity contribution in [2.45, 2.75) is 17.0 Å². The lowest BCUT2D eigenvalue weighted by Crippen LogP contribution is -1.90. The first-order valence-corrected chi connectivity index (χ1v) is 5.38. The Morgan fingerprint density at radius 3 is 2.80 bits per heavy atom. The molecule has 2 heterocycles. The molecule has 0 radical (unpaired) electrons. The molecular formula is C9H7ClN4S. The van der Waals surface area contributed by atoms with Gasteiger partial charge in [0.25, 0.3) is 0 Å². The molecule has 76 valence electrons. The van der Waals surface area contributed by atoms with E-state index in [-0.39, 0.29) is 0 Å². The van der Waals surface area contributed by atoms with Crippen LogP contribution in [0.2, 0.25) is 5.15 Å². The molecule has 4 nitrogen and oxygen atoms in total. The second-order valence-corrected chi connectivity index (χ2v) is 4.15. The molecule has 0 bridgehead atoms. The highest BCUT2D eigenvalue weighted by Crippen LogP contribution is 2.24. The number of aryl methyl sites for hydroxylation is 1. The molecule has 0 spiro atoms. The van der Waals surface area contributed by atoms with Gasteiger partial charge in [-0.1, -0.05) is 11.6 Å². The fraction of sp³-hybridized carbons (Fsp3) is 0.111. The monoisotopic (exact) mass is 238 g/mol. The van der Waals surface area contributed by atoms with Gasteiger partial charge in [0.1, 0.15) is 27.4 Å². The third-order valence-electron chi connectivity index (χ3n) is 1.55. The lowest BCUT2D eigenvalue weighted by Gasteiger charge is -2.00. The third-order valence-corrected chi connectivity index (χ3v) is 2.61. The number of hydrogen-bond acceptors (Lipinski definition) is 5. The van der Waals surface area contributed by atoms with Crippen molar-refractivity contribution in [1.29, 1.82) is 0 Å². The average Bonchev–Trinajstić information content (AvgIpc) is 2.17. The maximum absolute atomic E-state index is 5.82. The van der Waals surface area contributed by atoms with E-state index in [9.17, 15) is 0 Å². The summed E-state index contributed by atoms with van der Waals surface area (Å²) in [7, 11) is 0. The third kappa shape index (κ3) is 2.87. The van der Waals surface area contributed by atoms with Crippen LogP contribution in [-0.4, -0.2) is 19.9 Å². The Hall–Kier alpha value is -1.20. The van der Waals surface area contributed by atoms with E-state index in [2.05, 4.69) is 19.9 Å². The molecule has 0 aliphatic rings. The maximum atomic E-state index is 5.82. The van der Waals surface area contributed by atoms with Crippen LogP contribution >= 0.6 is 23.4 Å². The summed E-state index contributed by atoms with van der Waals surface area (Å²) in [5, 5.41) is 2.06. The van der Waals surface area contributed by atoms with Crippen molar-refractivity contribution in [3.8, 4) is 0 Å². The molecule has 0 saturated heterocycles. The average molecular weight is 239 g/mol. The van der Waals surface area contributed by atoms with Gasteiger partial charge in [0, 0.05) is 12.3 Å². The van der Waals surface area contributed by atoms with Crippen LogP contribution in [0.3, 0.4) is 0 Å². The summed E-state index contributed by atoms with van der Waals surface area (Å²) in [6.07, 6.45) is 3.18. The molecule has 0 N–H and O–H groups in total. The molecule has 2 rings (SSSR count). The first-order chi connectivity index (χ1) is 7.24. The van der Waals surface area contributed by atoms with E-state index in [0.29, 0.717) is 11.0 Å². The largest absolute Gasteiger partial charge is 0.245 e. The summed E-state index contributed by atoms with van der Waals surface area (Å²) in [4.78, 5) is 16.1. The number of halogens is 1. The minimum Gasteiger partial charge on any atom is -0.245 e. The molecule has 15 heavy (non-hydrogen) atoms. The van der Waals surface area contributed by atoms with Gasteiger partial charge in [0.15, 0.2) is 0 Å². The summed E-state index contributed by atoms with van der Waals surface area (Å²) in [6.45, 7) is 1.80. The molecular weight excluding hydrogens is 232 g/mol. The normalized spacial score (nSPS) is 10.3. The molecule has 0 fully saturated rings. The second kappa shape index (κ2) is 4.55. The van der Waals surface area contributed by atoms with Crippen LogP contribution in [0.15, 0.2) is 34.7 Å². The van der Waals surface area contributed by atoms with E-state index in [1.54, 1.807) is 19.2 Å². The molecule has 0 saturated carbocycles. The van der Waals surface area contributed by atoms with Gasteiger partial charge in [0.2, 0.25) is 0 Å².